The number of hydrogen-bond donors (Lipinski definition) is 2. The van der Waals surface area contributed by atoms with E-state index in [2.05, 4.69) is 26.6 Å². The lowest BCUT2D eigenvalue weighted by atomic mass is 10.2. The summed E-state index contributed by atoms with van der Waals surface area (Å²) in [6.45, 7) is 1.39. The van der Waals surface area contributed by atoms with Gasteiger partial charge in [0.1, 0.15) is 5.82 Å². The van der Waals surface area contributed by atoms with Crippen molar-refractivity contribution in [2.45, 2.75) is 6.92 Å². The highest BCUT2D eigenvalue weighted by Crippen LogP contribution is 2.22. The van der Waals surface area contributed by atoms with Gasteiger partial charge < -0.3 is 10.6 Å². The molecule has 0 unspecified atom stereocenters. The van der Waals surface area contributed by atoms with Crippen LogP contribution in [-0.2, 0) is 4.79 Å². The maximum atomic E-state index is 13.7. The van der Waals surface area contributed by atoms with Gasteiger partial charge in [0.15, 0.2) is 0 Å². The van der Waals surface area contributed by atoms with E-state index >= 15 is 0 Å². The molecule has 0 radical (unpaired) electrons. The van der Waals surface area contributed by atoms with Crippen LogP contribution in [0, 0.1) is 5.82 Å². The number of carbonyl (C=O) groups is 2. The number of rotatable bonds is 3. The van der Waals surface area contributed by atoms with Crippen LogP contribution < -0.4 is 10.6 Å². The monoisotopic (exact) mass is 350 g/mol. The summed E-state index contributed by atoms with van der Waals surface area (Å²) in [4.78, 5) is 23.1. The van der Waals surface area contributed by atoms with Crippen molar-refractivity contribution in [2.75, 3.05) is 10.6 Å². The van der Waals surface area contributed by atoms with Crippen LogP contribution in [0.15, 0.2) is 46.9 Å². The topological polar surface area (TPSA) is 58.2 Å². The van der Waals surface area contributed by atoms with E-state index in [1.807, 2.05) is 0 Å². The molecule has 2 rings (SSSR count). The second-order valence-corrected chi connectivity index (χ2v) is 5.17. The first-order valence-corrected chi connectivity index (χ1v) is 6.89. The van der Waals surface area contributed by atoms with Crippen LogP contribution in [0.25, 0.3) is 0 Å². The van der Waals surface area contributed by atoms with Gasteiger partial charge in [0, 0.05) is 22.8 Å². The van der Waals surface area contributed by atoms with Gasteiger partial charge in [-0.3, -0.25) is 9.59 Å². The number of carbonyl (C=O) groups excluding carboxylic acids is 2. The summed E-state index contributed by atoms with van der Waals surface area (Å²) in [6.07, 6.45) is 0. The maximum absolute atomic E-state index is 13.7. The SMILES string of the molecule is CC(=O)Nc1cccc(NC(=O)c2c(F)cccc2Br)c1. The highest BCUT2D eigenvalue weighted by atomic mass is 79.9. The fraction of sp³-hybridized carbons (Fsp3) is 0.0667. The second-order valence-electron chi connectivity index (χ2n) is 4.31. The van der Waals surface area contributed by atoms with Crippen molar-refractivity contribution in [3.8, 4) is 0 Å². The Morgan fingerprint density at radius 1 is 1.05 bits per heavy atom. The number of hydrogen-bond acceptors (Lipinski definition) is 2. The minimum Gasteiger partial charge on any atom is -0.326 e. The molecule has 0 saturated heterocycles. The molecule has 0 aliphatic rings. The van der Waals surface area contributed by atoms with E-state index in [9.17, 15) is 14.0 Å². The summed E-state index contributed by atoms with van der Waals surface area (Å²) < 4.78 is 14.1. The predicted octanol–water partition coefficient (Wildman–Crippen LogP) is 3.80. The van der Waals surface area contributed by atoms with Crippen molar-refractivity contribution in [3.63, 3.8) is 0 Å². The summed E-state index contributed by atoms with van der Waals surface area (Å²) in [5.74, 6) is -1.39. The molecule has 2 amide bonds. The minimum absolute atomic E-state index is 0.0672. The van der Waals surface area contributed by atoms with Crippen molar-refractivity contribution in [2.24, 2.45) is 0 Å². The van der Waals surface area contributed by atoms with Crippen LogP contribution in [0.4, 0.5) is 15.8 Å². The lowest BCUT2D eigenvalue weighted by molar-refractivity contribution is -0.114. The third-order valence-electron chi connectivity index (χ3n) is 2.63. The lowest BCUT2D eigenvalue weighted by Crippen LogP contribution is -2.15. The van der Waals surface area contributed by atoms with E-state index in [0.717, 1.165) is 0 Å². The number of halogens is 2. The molecule has 0 heterocycles. The Bertz CT molecular complexity index is 684. The van der Waals surface area contributed by atoms with E-state index < -0.39 is 11.7 Å². The smallest absolute Gasteiger partial charge is 0.259 e. The average molecular weight is 351 g/mol. The third kappa shape index (κ3) is 3.88. The van der Waals surface area contributed by atoms with Gasteiger partial charge in [-0.2, -0.15) is 0 Å². The Morgan fingerprint density at radius 2 is 1.67 bits per heavy atom. The van der Waals surface area contributed by atoms with Gasteiger partial charge in [-0.15, -0.1) is 0 Å². The van der Waals surface area contributed by atoms with E-state index in [4.69, 9.17) is 0 Å². The summed E-state index contributed by atoms with van der Waals surface area (Å²) in [6, 6.07) is 10.9. The van der Waals surface area contributed by atoms with E-state index in [1.54, 1.807) is 30.3 Å². The molecule has 0 bridgehead atoms. The molecule has 6 heteroatoms. The predicted molar refractivity (Wildman–Crippen MR) is 82.8 cm³/mol. The largest absolute Gasteiger partial charge is 0.326 e. The van der Waals surface area contributed by atoms with Crippen molar-refractivity contribution < 1.29 is 14.0 Å². The Labute approximate surface area is 129 Å². The molecule has 0 aromatic heterocycles. The molecule has 0 aliphatic heterocycles. The molecule has 21 heavy (non-hydrogen) atoms. The van der Waals surface area contributed by atoms with Crippen LogP contribution >= 0.6 is 15.9 Å². The molecule has 4 nitrogen and oxygen atoms in total. The highest BCUT2D eigenvalue weighted by molar-refractivity contribution is 9.10. The first-order chi connectivity index (χ1) is 9.97. The Kier molecular flexibility index (Phi) is 4.70. The van der Waals surface area contributed by atoms with Crippen molar-refractivity contribution in [3.05, 3.63) is 58.3 Å². The molecule has 2 aromatic rings. The molecule has 0 fully saturated rings. The van der Waals surface area contributed by atoms with Gasteiger partial charge in [0.2, 0.25) is 5.91 Å². The minimum atomic E-state index is -0.611. The maximum Gasteiger partial charge on any atom is 0.259 e. The van der Waals surface area contributed by atoms with Crippen molar-refractivity contribution in [1.82, 2.24) is 0 Å². The molecule has 108 valence electrons. The van der Waals surface area contributed by atoms with Crippen molar-refractivity contribution >= 4 is 39.1 Å². The quantitative estimate of drug-likeness (QED) is 0.884. The van der Waals surface area contributed by atoms with Gasteiger partial charge >= 0.3 is 0 Å². The lowest BCUT2D eigenvalue weighted by Gasteiger charge is -2.09. The molecule has 0 atom stereocenters. The zero-order valence-electron chi connectivity index (χ0n) is 11.1. The molecular weight excluding hydrogens is 339 g/mol. The normalized spacial score (nSPS) is 10.0. The second kappa shape index (κ2) is 6.49. The molecule has 0 saturated carbocycles. The molecule has 0 aliphatic carbocycles. The first-order valence-electron chi connectivity index (χ1n) is 6.10. The molecular formula is C15H12BrFN2O2. The van der Waals surface area contributed by atoms with Gasteiger partial charge in [-0.05, 0) is 46.3 Å². The van der Waals surface area contributed by atoms with Gasteiger partial charge in [0.05, 0.1) is 5.56 Å². The highest BCUT2D eigenvalue weighted by Gasteiger charge is 2.15. The number of anilines is 2. The zero-order chi connectivity index (χ0) is 15.4. The summed E-state index contributed by atoms with van der Waals surface area (Å²) in [7, 11) is 0. The summed E-state index contributed by atoms with van der Waals surface area (Å²) in [5, 5.41) is 5.20. The van der Waals surface area contributed by atoms with Crippen LogP contribution in [0.5, 0.6) is 0 Å². The average Bonchev–Trinajstić information content (AvgIpc) is 2.37. The van der Waals surface area contributed by atoms with Crippen molar-refractivity contribution in [1.29, 1.82) is 0 Å². The molecule has 2 aromatic carbocycles. The number of amides is 2. The molecule has 2 N–H and O–H groups in total. The number of nitrogens with one attached hydrogen (secondary N) is 2. The Balaban J connectivity index is 2.22. The standard InChI is InChI=1S/C15H12BrFN2O2/c1-9(20)18-10-4-2-5-11(8-10)19-15(21)14-12(16)6-3-7-13(14)17/h2-8H,1H3,(H,18,20)(H,19,21). The van der Waals surface area contributed by atoms with E-state index in [0.29, 0.717) is 15.8 Å². The Hall–Kier alpha value is -2.21. The molecule has 0 spiro atoms. The van der Waals surface area contributed by atoms with E-state index in [-0.39, 0.29) is 11.5 Å². The number of benzene rings is 2. The Morgan fingerprint density at radius 3 is 2.29 bits per heavy atom. The van der Waals surface area contributed by atoms with Crippen LogP contribution in [0.1, 0.15) is 17.3 Å². The van der Waals surface area contributed by atoms with Crippen LogP contribution in [-0.4, -0.2) is 11.8 Å². The summed E-state index contributed by atoms with van der Waals surface area (Å²) in [5.41, 5.74) is 0.941. The van der Waals surface area contributed by atoms with Gasteiger partial charge in [-0.1, -0.05) is 12.1 Å². The fourth-order valence-electron chi connectivity index (χ4n) is 1.79. The van der Waals surface area contributed by atoms with Crippen LogP contribution in [0.3, 0.4) is 0 Å². The first kappa shape index (κ1) is 15.2. The fourth-order valence-corrected chi connectivity index (χ4v) is 2.31. The van der Waals surface area contributed by atoms with E-state index in [1.165, 1.54) is 19.1 Å². The zero-order valence-corrected chi connectivity index (χ0v) is 12.7. The van der Waals surface area contributed by atoms with Gasteiger partial charge in [-0.25, -0.2) is 4.39 Å². The van der Waals surface area contributed by atoms with Gasteiger partial charge in [0.25, 0.3) is 5.91 Å². The third-order valence-corrected chi connectivity index (χ3v) is 3.29. The summed E-state index contributed by atoms with van der Waals surface area (Å²) >= 11 is 3.15. The van der Waals surface area contributed by atoms with Crippen LogP contribution in [0.2, 0.25) is 0 Å².